The molecule has 0 radical (unpaired) electrons. The van der Waals surface area contributed by atoms with E-state index in [2.05, 4.69) is 10.4 Å². The maximum Gasteiger partial charge on any atom is 0.350 e. The van der Waals surface area contributed by atoms with Crippen LogP contribution in [0.15, 0.2) is 35.1 Å². The number of anilines is 1. The van der Waals surface area contributed by atoms with Crippen LogP contribution in [0.25, 0.3) is 5.69 Å². The minimum atomic E-state index is -0.842. The van der Waals surface area contributed by atoms with Crippen molar-refractivity contribution < 1.29 is 18.3 Å². The molecule has 182 valence electrons. The Labute approximate surface area is 196 Å². The lowest BCUT2D eigenvalue weighted by Crippen LogP contribution is -2.29. The van der Waals surface area contributed by atoms with E-state index in [1.807, 2.05) is 25.9 Å². The molecule has 1 N–H and O–H groups in total. The highest BCUT2D eigenvalue weighted by molar-refractivity contribution is 6.06. The van der Waals surface area contributed by atoms with Crippen molar-refractivity contribution in [1.29, 1.82) is 0 Å². The fourth-order valence-corrected chi connectivity index (χ4v) is 3.66. The molecule has 34 heavy (non-hydrogen) atoms. The van der Waals surface area contributed by atoms with Crippen molar-refractivity contribution in [3.63, 3.8) is 0 Å². The maximum atomic E-state index is 15.2. The van der Waals surface area contributed by atoms with Crippen molar-refractivity contribution in [2.24, 2.45) is 7.05 Å². The van der Waals surface area contributed by atoms with Crippen molar-refractivity contribution in [3.8, 4) is 11.4 Å². The Bertz CT molecular complexity index is 1250. The molecule has 2 aromatic carbocycles. The first-order valence-corrected chi connectivity index (χ1v) is 10.9. The third kappa shape index (κ3) is 5.17. The van der Waals surface area contributed by atoms with E-state index in [1.54, 1.807) is 27.0 Å². The van der Waals surface area contributed by atoms with Crippen molar-refractivity contribution in [3.05, 3.63) is 69.4 Å². The highest BCUT2D eigenvalue weighted by atomic mass is 19.1. The third-order valence-corrected chi connectivity index (χ3v) is 5.32. The van der Waals surface area contributed by atoms with Gasteiger partial charge in [-0.1, -0.05) is 19.1 Å². The lowest BCUT2D eigenvalue weighted by molar-refractivity contribution is 0.101. The number of hydrogen-bond acceptors (Lipinski definition) is 5. The Kier molecular flexibility index (Phi) is 7.51. The molecule has 0 saturated heterocycles. The fourth-order valence-electron chi connectivity index (χ4n) is 3.66. The average molecular weight is 474 g/mol. The van der Waals surface area contributed by atoms with Gasteiger partial charge in [0.15, 0.2) is 0 Å². The van der Waals surface area contributed by atoms with Crippen LogP contribution in [0.5, 0.6) is 5.75 Å². The van der Waals surface area contributed by atoms with Gasteiger partial charge in [0.05, 0.1) is 11.3 Å². The molecule has 0 unspecified atom stereocenters. The molecule has 0 spiro atoms. The first-order chi connectivity index (χ1) is 16.0. The molecule has 3 aromatic rings. The highest BCUT2D eigenvalue weighted by Gasteiger charge is 2.23. The second-order valence-electron chi connectivity index (χ2n) is 8.40. The Morgan fingerprint density at radius 2 is 1.94 bits per heavy atom. The molecule has 1 atom stereocenters. The molecule has 1 aromatic heterocycles. The summed E-state index contributed by atoms with van der Waals surface area (Å²) in [7, 11) is 5.28. The summed E-state index contributed by atoms with van der Waals surface area (Å²) in [6.07, 6.45) is 0.105. The fraction of sp³-hybridized carbons (Fsp3) is 0.375. The Morgan fingerprint density at radius 1 is 1.24 bits per heavy atom. The number of aromatic nitrogens is 3. The van der Waals surface area contributed by atoms with E-state index in [0.717, 1.165) is 10.7 Å². The highest BCUT2D eigenvalue weighted by Crippen LogP contribution is 2.28. The summed E-state index contributed by atoms with van der Waals surface area (Å²) in [4.78, 5) is 27.6. The summed E-state index contributed by atoms with van der Waals surface area (Å²) in [5.41, 5.74) is -0.291. The van der Waals surface area contributed by atoms with Gasteiger partial charge >= 0.3 is 5.69 Å². The number of para-hydroxylation sites is 1. The van der Waals surface area contributed by atoms with Crippen LogP contribution in [0.2, 0.25) is 0 Å². The predicted molar refractivity (Wildman–Crippen MR) is 126 cm³/mol. The molecule has 0 bridgehead atoms. The number of likely N-dealkylation sites (N-methyl/N-ethyl adjacent to an activating group) is 1. The van der Waals surface area contributed by atoms with Crippen LogP contribution in [-0.4, -0.2) is 51.9 Å². The summed E-state index contributed by atoms with van der Waals surface area (Å²) >= 11 is 0. The van der Waals surface area contributed by atoms with Crippen molar-refractivity contribution in [2.45, 2.75) is 33.3 Å². The first kappa shape index (κ1) is 25.1. The molecule has 0 aliphatic heterocycles. The minimum absolute atomic E-state index is 0.00203. The smallest absolute Gasteiger partial charge is 0.350 e. The molecule has 1 heterocycles. The topological polar surface area (TPSA) is 81.4 Å². The quantitative estimate of drug-likeness (QED) is 0.543. The normalized spacial score (nSPS) is 12.1. The Hall–Kier alpha value is -3.53. The van der Waals surface area contributed by atoms with Gasteiger partial charge in [0.25, 0.3) is 5.91 Å². The molecule has 10 heteroatoms. The van der Waals surface area contributed by atoms with Gasteiger partial charge in [-0.2, -0.15) is 4.68 Å². The second-order valence-corrected chi connectivity index (χ2v) is 8.40. The third-order valence-electron chi connectivity index (χ3n) is 5.32. The zero-order chi connectivity index (χ0) is 25.2. The van der Waals surface area contributed by atoms with Crippen LogP contribution in [0.3, 0.4) is 0 Å². The number of aryl methyl sites for hydroxylation is 2. The van der Waals surface area contributed by atoms with Crippen LogP contribution in [-0.2, 0) is 13.5 Å². The van der Waals surface area contributed by atoms with Crippen LogP contribution >= 0.6 is 0 Å². The van der Waals surface area contributed by atoms with Gasteiger partial charge in [-0.25, -0.2) is 13.6 Å². The molecule has 0 saturated carbocycles. The van der Waals surface area contributed by atoms with E-state index in [9.17, 15) is 14.0 Å². The maximum absolute atomic E-state index is 15.2. The van der Waals surface area contributed by atoms with E-state index in [0.29, 0.717) is 24.4 Å². The summed E-state index contributed by atoms with van der Waals surface area (Å²) < 4.78 is 37.8. The average Bonchev–Trinajstić information content (AvgIpc) is 3.05. The molecule has 3 rings (SSSR count). The van der Waals surface area contributed by atoms with Crippen LogP contribution in [0.4, 0.5) is 14.5 Å². The van der Waals surface area contributed by atoms with E-state index in [-0.39, 0.29) is 28.8 Å². The van der Waals surface area contributed by atoms with Crippen LogP contribution < -0.4 is 15.7 Å². The molecular formula is C24H29F2N5O3. The molecular weight excluding hydrogens is 444 g/mol. The summed E-state index contributed by atoms with van der Waals surface area (Å²) in [5.74, 6) is -1.67. The van der Waals surface area contributed by atoms with E-state index < -0.39 is 23.2 Å². The van der Waals surface area contributed by atoms with Gasteiger partial charge in [0, 0.05) is 26.1 Å². The molecule has 1 amide bonds. The predicted octanol–water partition coefficient (Wildman–Crippen LogP) is 3.30. The monoisotopic (exact) mass is 473 g/mol. The molecule has 8 nitrogen and oxygen atoms in total. The van der Waals surface area contributed by atoms with Crippen molar-refractivity contribution >= 4 is 11.6 Å². The van der Waals surface area contributed by atoms with Gasteiger partial charge in [0.1, 0.15) is 35.0 Å². The number of ether oxygens (including phenoxy) is 1. The van der Waals surface area contributed by atoms with E-state index >= 15 is 4.39 Å². The number of hydrogen-bond donors (Lipinski definition) is 1. The number of rotatable bonds is 8. The van der Waals surface area contributed by atoms with E-state index in [1.165, 1.54) is 22.8 Å². The number of benzene rings is 2. The Balaban J connectivity index is 2.10. The minimum Gasteiger partial charge on any atom is -0.488 e. The standard InChI is InChI=1S/C24H29F2N5O3/c1-7-21-28-31(24(33)30(21)6)19-12-20(34-15(3)13-29(4)5)16(11-18(19)26)23(32)27-22-14(2)9-8-10-17(22)25/h8-12,15H,7,13H2,1-6H3,(H,27,32)/t15-/m0/s1. The van der Waals surface area contributed by atoms with Crippen molar-refractivity contribution in [1.82, 2.24) is 19.2 Å². The van der Waals surface area contributed by atoms with E-state index in [4.69, 9.17) is 4.74 Å². The van der Waals surface area contributed by atoms with Gasteiger partial charge in [0.2, 0.25) is 0 Å². The first-order valence-electron chi connectivity index (χ1n) is 10.9. The second kappa shape index (κ2) is 10.2. The van der Waals surface area contributed by atoms with Gasteiger partial charge in [-0.05, 0) is 45.6 Å². The van der Waals surface area contributed by atoms with Crippen molar-refractivity contribution in [2.75, 3.05) is 26.0 Å². The summed E-state index contributed by atoms with van der Waals surface area (Å²) in [6.45, 7) is 5.80. The number of amides is 1. The SMILES string of the molecule is CCc1nn(-c2cc(O[C@@H](C)CN(C)C)c(C(=O)Nc3c(C)cccc3F)cc2F)c(=O)n1C. The number of carbonyl (C=O) groups excluding carboxylic acids is 1. The largest absolute Gasteiger partial charge is 0.488 e. The Morgan fingerprint density at radius 3 is 2.53 bits per heavy atom. The van der Waals surface area contributed by atoms with Gasteiger partial charge in [-0.3, -0.25) is 9.36 Å². The molecule has 0 fully saturated rings. The van der Waals surface area contributed by atoms with Crippen LogP contribution in [0, 0.1) is 18.6 Å². The van der Waals surface area contributed by atoms with Crippen LogP contribution in [0.1, 0.15) is 35.6 Å². The molecule has 0 aliphatic rings. The summed E-state index contributed by atoms with van der Waals surface area (Å²) in [5, 5.41) is 6.72. The zero-order valence-corrected chi connectivity index (χ0v) is 20.1. The lowest BCUT2D eigenvalue weighted by Gasteiger charge is -2.21. The number of nitrogens with one attached hydrogen (secondary N) is 1. The number of halogens is 2. The number of carbonyl (C=O) groups is 1. The van der Waals surface area contributed by atoms with Gasteiger partial charge in [-0.15, -0.1) is 5.10 Å². The number of nitrogens with zero attached hydrogens (tertiary/aromatic N) is 4. The van der Waals surface area contributed by atoms with Gasteiger partial charge < -0.3 is 15.0 Å². The lowest BCUT2D eigenvalue weighted by atomic mass is 10.1. The zero-order valence-electron chi connectivity index (χ0n) is 20.1. The summed E-state index contributed by atoms with van der Waals surface area (Å²) in [6, 6.07) is 6.66. The molecule has 0 aliphatic carbocycles.